The smallest absolute Gasteiger partial charge is 0.312 e. The Morgan fingerprint density at radius 2 is 1.64 bits per heavy atom. The summed E-state index contributed by atoms with van der Waals surface area (Å²) in [5.74, 6) is -3.21. The lowest BCUT2D eigenvalue weighted by Crippen LogP contribution is -2.29. The van der Waals surface area contributed by atoms with E-state index in [2.05, 4.69) is 0 Å². The maximum Gasteiger partial charge on any atom is 0.312 e. The molecule has 1 atom stereocenters. The molecule has 6 rings (SSSR count). The van der Waals surface area contributed by atoms with E-state index in [-0.39, 0.29) is 45.6 Å². The fraction of sp³-hybridized carbons (Fsp3) is 0.107. The first-order chi connectivity index (χ1) is 17.3. The molecule has 0 unspecified atom stereocenters. The molecule has 2 aromatic heterocycles. The molecule has 1 aliphatic heterocycles. The van der Waals surface area contributed by atoms with Crippen LogP contribution in [0.1, 0.15) is 23.5 Å². The molecule has 36 heavy (non-hydrogen) atoms. The highest BCUT2D eigenvalue weighted by atomic mass is 16.5. The summed E-state index contributed by atoms with van der Waals surface area (Å²) in [4.78, 5) is 39.2. The van der Waals surface area contributed by atoms with Crippen molar-refractivity contribution >= 4 is 27.8 Å². The van der Waals surface area contributed by atoms with Gasteiger partial charge in [0, 0.05) is 30.2 Å². The van der Waals surface area contributed by atoms with Crippen LogP contribution in [-0.4, -0.2) is 20.7 Å². The molecule has 0 saturated heterocycles. The van der Waals surface area contributed by atoms with Gasteiger partial charge < -0.3 is 23.9 Å². The Labute approximate surface area is 203 Å². The third-order valence-electron chi connectivity index (χ3n) is 6.64. The van der Waals surface area contributed by atoms with E-state index in [4.69, 9.17) is 9.15 Å². The lowest BCUT2D eigenvalue weighted by Gasteiger charge is -2.27. The van der Waals surface area contributed by atoms with E-state index in [1.807, 2.05) is 30.3 Å². The number of para-hydroxylation sites is 1. The van der Waals surface area contributed by atoms with E-state index < -0.39 is 28.8 Å². The third kappa shape index (κ3) is 3.11. The van der Waals surface area contributed by atoms with Crippen molar-refractivity contribution in [3.05, 3.63) is 98.4 Å². The minimum absolute atomic E-state index is 0.0561. The van der Waals surface area contributed by atoms with Crippen LogP contribution in [0, 0.1) is 0 Å². The molecular weight excluding hydrogens is 462 g/mol. The van der Waals surface area contributed by atoms with Gasteiger partial charge in [0.05, 0.1) is 17.5 Å². The van der Waals surface area contributed by atoms with Crippen molar-refractivity contribution in [2.24, 2.45) is 7.05 Å². The van der Waals surface area contributed by atoms with Gasteiger partial charge in [-0.2, -0.15) is 0 Å². The molecule has 3 aromatic carbocycles. The predicted octanol–water partition coefficient (Wildman–Crippen LogP) is 4.16. The van der Waals surface area contributed by atoms with Crippen LogP contribution in [0.2, 0.25) is 0 Å². The van der Waals surface area contributed by atoms with Gasteiger partial charge in [-0.3, -0.25) is 14.4 Å². The summed E-state index contributed by atoms with van der Waals surface area (Å²) >= 11 is 0. The SMILES string of the molecule is Cn1c(=O)c([C@H]2CC(=O)Oc3c(O)c(O)c4c(=O)cc(-c5ccccc5)oc4c32)cc2ccccc21. The number of benzene rings is 3. The molecule has 0 radical (unpaired) electrons. The molecule has 0 bridgehead atoms. The number of rotatable bonds is 2. The number of aromatic nitrogens is 1. The molecule has 1 aliphatic rings. The summed E-state index contributed by atoms with van der Waals surface area (Å²) in [6.45, 7) is 0. The van der Waals surface area contributed by atoms with Crippen molar-refractivity contribution in [1.82, 2.24) is 4.57 Å². The molecule has 3 heterocycles. The van der Waals surface area contributed by atoms with Crippen molar-refractivity contribution in [3.8, 4) is 28.6 Å². The number of aryl methyl sites for hydroxylation is 1. The second-order valence-electron chi connectivity index (χ2n) is 8.74. The highest BCUT2D eigenvalue weighted by molar-refractivity contribution is 5.96. The van der Waals surface area contributed by atoms with Gasteiger partial charge in [0.25, 0.3) is 5.56 Å². The molecule has 0 saturated carbocycles. The largest absolute Gasteiger partial charge is 0.504 e. The number of esters is 1. The summed E-state index contributed by atoms with van der Waals surface area (Å²) in [6.07, 6.45) is -0.223. The molecule has 178 valence electrons. The predicted molar refractivity (Wildman–Crippen MR) is 133 cm³/mol. The van der Waals surface area contributed by atoms with Crippen LogP contribution in [0.5, 0.6) is 17.2 Å². The Kier molecular flexibility index (Phi) is 4.72. The Bertz CT molecular complexity index is 1830. The fourth-order valence-electron chi connectivity index (χ4n) is 4.92. The summed E-state index contributed by atoms with van der Waals surface area (Å²) in [5.41, 5.74) is 0.758. The average molecular weight is 481 g/mol. The van der Waals surface area contributed by atoms with Gasteiger partial charge in [-0.1, -0.05) is 48.5 Å². The molecule has 0 amide bonds. The zero-order chi connectivity index (χ0) is 25.1. The number of nitrogens with zero attached hydrogens (tertiary/aromatic N) is 1. The van der Waals surface area contributed by atoms with Gasteiger partial charge in [-0.25, -0.2) is 0 Å². The van der Waals surface area contributed by atoms with Gasteiger partial charge in [0.1, 0.15) is 16.7 Å². The van der Waals surface area contributed by atoms with E-state index >= 15 is 0 Å². The molecule has 0 spiro atoms. The summed E-state index contributed by atoms with van der Waals surface area (Å²) < 4.78 is 12.9. The Morgan fingerprint density at radius 1 is 0.917 bits per heavy atom. The molecule has 8 nitrogen and oxygen atoms in total. The number of fused-ring (bicyclic) bond motifs is 4. The lowest BCUT2D eigenvalue weighted by molar-refractivity contribution is -0.135. The number of hydrogen-bond acceptors (Lipinski definition) is 7. The van der Waals surface area contributed by atoms with Crippen molar-refractivity contribution in [2.75, 3.05) is 0 Å². The zero-order valence-electron chi connectivity index (χ0n) is 19.0. The monoisotopic (exact) mass is 481 g/mol. The van der Waals surface area contributed by atoms with Gasteiger partial charge in [0.15, 0.2) is 16.9 Å². The number of ether oxygens (including phenoxy) is 1. The number of hydrogen-bond donors (Lipinski definition) is 2. The van der Waals surface area contributed by atoms with Crippen molar-refractivity contribution < 1.29 is 24.2 Å². The van der Waals surface area contributed by atoms with Crippen LogP contribution in [0.4, 0.5) is 0 Å². The van der Waals surface area contributed by atoms with Crippen LogP contribution < -0.4 is 15.7 Å². The van der Waals surface area contributed by atoms with E-state index in [0.717, 1.165) is 5.39 Å². The highest BCUT2D eigenvalue weighted by Crippen LogP contribution is 2.51. The second kappa shape index (κ2) is 7.84. The molecule has 2 N–H and O–H groups in total. The summed E-state index contributed by atoms with van der Waals surface area (Å²) in [5, 5.41) is 21.9. The first-order valence-electron chi connectivity index (χ1n) is 11.3. The molecule has 8 heteroatoms. The van der Waals surface area contributed by atoms with Gasteiger partial charge in [-0.15, -0.1) is 0 Å². The van der Waals surface area contributed by atoms with Gasteiger partial charge >= 0.3 is 5.97 Å². The molecular formula is C28H19NO7. The quantitative estimate of drug-likeness (QED) is 0.221. The number of phenolic OH excluding ortho intramolecular Hbond substituents is 2. The number of phenols is 2. The average Bonchev–Trinajstić information content (AvgIpc) is 2.89. The van der Waals surface area contributed by atoms with Crippen LogP contribution >= 0.6 is 0 Å². The second-order valence-corrected chi connectivity index (χ2v) is 8.74. The van der Waals surface area contributed by atoms with Gasteiger partial charge in [-0.05, 0) is 17.5 Å². The normalized spacial score (nSPS) is 15.1. The number of pyridine rings is 1. The molecule has 5 aromatic rings. The number of aromatic hydroxyl groups is 2. The van der Waals surface area contributed by atoms with E-state index in [0.29, 0.717) is 11.1 Å². The Balaban J connectivity index is 1.73. The van der Waals surface area contributed by atoms with E-state index in [1.54, 1.807) is 37.4 Å². The first-order valence-corrected chi connectivity index (χ1v) is 11.3. The minimum Gasteiger partial charge on any atom is -0.504 e. The summed E-state index contributed by atoms with van der Waals surface area (Å²) in [7, 11) is 1.64. The summed E-state index contributed by atoms with van der Waals surface area (Å²) in [6, 6.07) is 19.1. The fourth-order valence-corrected chi connectivity index (χ4v) is 4.92. The lowest BCUT2D eigenvalue weighted by atomic mass is 9.84. The topological polar surface area (TPSA) is 119 Å². The first kappa shape index (κ1) is 21.7. The highest BCUT2D eigenvalue weighted by Gasteiger charge is 2.38. The number of carbonyl (C=O) groups excluding carboxylic acids is 1. The van der Waals surface area contributed by atoms with Crippen LogP contribution in [-0.2, 0) is 11.8 Å². The van der Waals surface area contributed by atoms with Crippen LogP contribution in [0.25, 0.3) is 33.2 Å². The van der Waals surface area contributed by atoms with Crippen molar-refractivity contribution in [1.29, 1.82) is 0 Å². The maximum absolute atomic E-state index is 13.4. The van der Waals surface area contributed by atoms with Crippen molar-refractivity contribution in [2.45, 2.75) is 12.3 Å². The minimum atomic E-state index is -0.896. The molecule has 0 aliphatic carbocycles. The van der Waals surface area contributed by atoms with Crippen molar-refractivity contribution in [3.63, 3.8) is 0 Å². The third-order valence-corrected chi connectivity index (χ3v) is 6.64. The van der Waals surface area contributed by atoms with E-state index in [1.165, 1.54) is 10.6 Å². The maximum atomic E-state index is 13.4. The zero-order valence-corrected chi connectivity index (χ0v) is 19.0. The number of carbonyl (C=O) groups is 1. The van der Waals surface area contributed by atoms with Crippen LogP contribution in [0.3, 0.4) is 0 Å². The Morgan fingerprint density at radius 3 is 2.42 bits per heavy atom. The Hall–Kier alpha value is -4.85. The molecule has 0 fully saturated rings. The van der Waals surface area contributed by atoms with Gasteiger partial charge in [0.2, 0.25) is 5.75 Å². The van der Waals surface area contributed by atoms with Crippen LogP contribution in [0.15, 0.2) is 80.7 Å². The standard InChI is InChI=1S/C28H19NO7/c1-29-18-10-6-5-9-15(18)11-17(28(29)34)16-12-21(31)36-27-22(16)26-23(24(32)25(27)33)19(30)13-20(35-26)14-7-3-2-4-8-14/h2-11,13,16,32-33H,12H2,1H3/t16-/m1/s1. The van der Waals surface area contributed by atoms with E-state index in [9.17, 15) is 24.6 Å².